The van der Waals surface area contributed by atoms with Gasteiger partial charge >= 0.3 is 0 Å². The Kier molecular flexibility index (Phi) is 2.26. The molecule has 0 bridgehead atoms. The maximum atomic E-state index is 6.43. The number of hydrogen-bond donors (Lipinski definition) is 2. The average Bonchev–Trinajstić information content (AvgIpc) is 2.77. The van der Waals surface area contributed by atoms with Crippen LogP contribution in [-0.4, -0.2) is 9.97 Å². The molecule has 88 valence electrons. The Labute approximate surface area is 100 Å². The van der Waals surface area contributed by atoms with E-state index in [1.807, 2.05) is 12.1 Å². The highest BCUT2D eigenvalue weighted by Gasteiger charge is 2.31. The molecule has 0 atom stereocenters. The van der Waals surface area contributed by atoms with Gasteiger partial charge in [0.05, 0.1) is 17.2 Å². The zero-order valence-electron chi connectivity index (χ0n) is 9.69. The normalized spacial score (nSPS) is 18.6. The molecule has 1 aromatic carbocycles. The van der Waals surface area contributed by atoms with Gasteiger partial charge in [0.1, 0.15) is 5.82 Å². The molecule has 1 fully saturated rings. The monoisotopic (exact) mass is 228 g/mol. The SMILES string of the molecule is Nc1cnc2cc(C3(N)CCCC3)ccc2n1. The molecule has 17 heavy (non-hydrogen) atoms. The van der Waals surface area contributed by atoms with Crippen LogP contribution >= 0.6 is 0 Å². The molecule has 0 radical (unpaired) electrons. The van der Waals surface area contributed by atoms with Gasteiger partial charge in [-0.25, -0.2) is 4.98 Å². The maximum absolute atomic E-state index is 6.43. The lowest BCUT2D eigenvalue weighted by molar-refractivity contribution is 0.462. The van der Waals surface area contributed by atoms with Crippen LogP contribution in [0.1, 0.15) is 31.2 Å². The van der Waals surface area contributed by atoms with Crippen molar-refractivity contribution in [3.63, 3.8) is 0 Å². The second kappa shape index (κ2) is 3.67. The van der Waals surface area contributed by atoms with Gasteiger partial charge in [0.25, 0.3) is 0 Å². The number of nitrogen functional groups attached to an aromatic ring is 1. The van der Waals surface area contributed by atoms with Gasteiger partial charge in [-0.05, 0) is 30.5 Å². The van der Waals surface area contributed by atoms with E-state index < -0.39 is 0 Å². The minimum Gasteiger partial charge on any atom is -0.382 e. The zero-order valence-corrected chi connectivity index (χ0v) is 9.69. The summed E-state index contributed by atoms with van der Waals surface area (Å²) in [6.45, 7) is 0. The van der Waals surface area contributed by atoms with Crippen LogP contribution < -0.4 is 11.5 Å². The molecule has 3 rings (SSSR count). The van der Waals surface area contributed by atoms with E-state index in [0.717, 1.165) is 23.9 Å². The number of benzene rings is 1. The fourth-order valence-corrected chi connectivity index (χ4v) is 2.63. The third kappa shape index (κ3) is 1.74. The van der Waals surface area contributed by atoms with E-state index >= 15 is 0 Å². The maximum Gasteiger partial charge on any atom is 0.142 e. The Balaban J connectivity index is 2.10. The number of fused-ring (bicyclic) bond motifs is 1. The van der Waals surface area contributed by atoms with Crippen LogP contribution in [0.25, 0.3) is 11.0 Å². The first-order chi connectivity index (χ1) is 8.17. The molecule has 0 unspecified atom stereocenters. The van der Waals surface area contributed by atoms with Crippen LogP contribution in [0, 0.1) is 0 Å². The van der Waals surface area contributed by atoms with Crippen molar-refractivity contribution in [3.8, 4) is 0 Å². The van der Waals surface area contributed by atoms with Gasteiger partial charge in [0.15, 0.2) is 0 Å². The van der Waals surface area contributed by atoms with Crippen LogP contribution in [0.15, 0.2) is 24.4 Å². The molecule has 1 aliphatic rings. The van der Waals surface area contributed by atoms with Crippen LogP contribution in [0.4, 0.5) is 5.82 Å². The molecule has 0 spiro atoms. The van der Waals surface area contributed by atoms with Gasteiger partial charge in [0, 0.05) is 5.54 Å². The Morgan fingerprint density at radius 2 is 1.88 bits per heavy atom. The van der Waals surface area contributed by atoms with E-state index in [0.29, 0.717) is 5.82 Å². The van der Waals surface area contributed by atoms with Crippen molar-refractivity contribution in [2.75, 3.05) is 5.73 Å². The number of nitrogens with two attached hydrogens (primary N) is 2. The molecule has 0 saturated heterocycles. The summed E-state index contributed by atoms with van der Waals surface area (Å²) in [7, 11) is 0. The first-order valence-corrected chi connectivity index (χ1v) is 5.99. The van der Waals surface area contributed by atoms with Gasteiger partial charge in [0.2, 0.25) is 0 Å². The van der Waals surface area contributed by atoms with Crippen molar-refractivity contribution in [1.82, 2.24) is 9.97 Å². The highest BCUT2D eigenvalue weighted by molar-refractivity contribution is 5.76. The quantitative estimate of drug-likeness (QED) is 0.782. The van der Waals surface area contributed by atoms with E-state index in [1.165, 1.54) is 18.4 Å². The molecule has 1 heterocycles. The topological polar surface area (TPSA) is 77.8 Å². The van der Waals surface area contributed by atoms with Gasteiger partial charge < -0.3 is 11.5 Å². The van der Waals surface area contributed by atoms with E-state index in [9.17, 15) is 0 Å². The average molecular weight is 228 g/mol. The summed E-state index contributed by atoms with van der Waals surface area (Å²) >= 11 is 0. The van der Waals surface area contributed by atoms with Crippen LogP contribution in [0.3, 0.4) is 0 Å². The molecule has 1 aliphatic carbocycles. The summed E-state index contributed by atoms with van der Waals surface area (Å²) in [5.41, 5.74) is 14.7. The highest BCUT2D eigenvalue weighted by atomic mass is 14.9. The Bertz CT molecular complexity index is 558. The molecule has 1 saturated carbocycles. The van der Waals surface area contributed by atoms with Gasteiger partial charge in [-0.15, -0.1) is 0 Å². The minimum absolute atomic E-state index is 0.169. The smallest absolute Gasteiger partial charge is 0.142 e. The summed E-state index contributed by atoms with van der Waals surface area (Å²) in [5, 5.41) is 0. The van der Waals surface area contributed by atoms with Gasteiger partial charge in [-0.2, -0.15) is 0 Å². The van der Waals surface area contributed by atoms with Crippen LogP contribution in [0.5, 0.6) is 0 Å². The van der Waals surface area contributed by atoms with Crippen molar-refractivity contribution in [1.29, 1.82) is 0 Å². The number of nitrogens with zero attached hydrogens (tertiary/aromatic N) is 2. The lowest BCUT2D eigenvalue weighted by Crippen LogP contribution is -2.32. The molecule has 4 N–H and O–H groups in total. The number of rotatable bonds is 1. The van der Waals surface area contributed by atoms with Crippen molar-refractivity contribution < 1.29 is 0 Å². The first-order valence-electron chi connectivity index (χ1n) is 5.99. The largest absolute Gasteiger partial charge is 0.382 e. The standard InChI is InChI=1S/C13H16N4/c14-12-8-16-11-7-9(3-4-10(11)17-12)13(15)5-1-2-6-13/h3-4,7-8H,1-2,5-6,15H2,(H2,14,17). The lowest BCUT2D eigenvalue weighted by Gasteiger charge is -2.24. The number of anilines is 1. The summed E-state index contributed by atoms with van der Waals surface area (Å²) in [4.78, 5) is 8.54. The second-order valence-electron chi connectivity index (χ2n) is 4.86. The molecular weight excluding hydrogens is 212 g/mol. The molecule has 0 aliphatic heterocycles. The van der Waals surface area contributed by atoms with E-state index in [-0.39, 0.29) is 5.54 Å². The molecule has 2 aromatic rings. The first kappa shape index (κ1) is 10.5. The minimum atomic E-state index is -0.169. The van der Waals surface area contributed by atoms with Crippen molar-refractivity contribution in [3.05, 3.63) is 30.0 Å². The Morgan fingerprint density at radius 3 is 2.65 bits per heavy atom. The predicted molar refractivity (Wildman–Crippen MR) is 68.3 cm³/mol. The van der Waals surface area contributed by atoms with Crippen molar-refractivity contribution >= 4 is 16.9 Å². The number of aromatic nitrogens is 2. The predicted octanol–water partition coefficient (Wildman–Crippen LogP) is 1.94. The zero-order chi connectivity index (χ0) is 11.9. The fraction of sp³-hybridized carbons (Fsp3) is 0.385. The highest BCUT2D eigenvalue weighted by Crippen LogP contribution is 2.36. The molecule has 4 nitrogen and oxygen atoms in total. The lowest BCUT2D eigenvalue weighted by atomic mass is 9.89. The Hall–Kier alpha value is -1.68. The molecular formula is C13H16N4. The van der Waals surface area contributed by atoms with Crippen LogP contribution in [0.2, 0.25) is 0 Å². The van der Waals surface area contributed by atoms with Gasteiger partial charge in [-0.3, -0.25) is 4.98 Å². The van der Waals surface area contributed by atoms with Gasteiger partial charge in [-0.1, -0.05) is 18.9 Å². The number of hydrogen-bond acceptors (Lipinski definition) is 4. The summed E-state index contributed by atoms with van der Waals surface area (Å²) in [6.07, 6.45) is 6.12. The molecule has 4 heteroatoms. The van der Waals surface area contributed by atoms with Crippen molar-refractivity contribution in [2.45, 2.75) is 31.2 Å². The van der Waals surface area contributed by atoms with Crippen LogP contribution in [-0.2, 0) is 5.54 Å². The van der Waals surface area contributed by atoms with E-state index in [2.05, 4.69) is 16.0 Å². The Morgan fingerprint density at radius 1 is 1.12 bits per heavy atom. The second-order valence-corrected chi connectivity index (χ2v) is 4.86. The third-order valence-corrected chi connectivity index (χ3v) is 3.63. The summed E-state index contributed by atoms with van der Waals surface area (Å²) in [5.74, 6) is 0.452. The van der Waals surface area contributed by atoms with E-state index in [4.69, 9.17) is 11.5 Å². The summed E-state index contributed by atoms with van der Waals surface area (Å²) in [6, 6.07) is 6.07. The third-order valence-electron chi connectivity index (χ3n) is 3.63. The molecule has 1 aromatic heterocycles. The van der Waals surface area contributed by atoms with E-state index in [1.54, 1.807) is 6.20 Å². The molecule has 0 amide bonds. The van der Waals surface area contributed by atoms with Crippen molar-refractivity contribution in [2.24, 2.45) is 5.73 Å². The fourth-order valence-electron chi connectivity index (χ4n) is 2.63. The summed E-state index contributed by atoms with van der Waals surface area (Å²) < 4.78 is 0.